The highest BCUT2D eigenvalue weighted by Crippen LogP contribution is 2.28. The van der Waals surface area contributed by atoms with E-state index in [0.29, 0.717) is 34.3 Å². The minimum Gasteiger partial charge on any atom is -0.493 e. The molecule has 4 aromatic rings. The summed E-state index contributed by atoms with van der Waals surface area (Å²) >= 11 is 5.93. The van der Waals surface area contributed by atoms with Crippen LogP contribution in [0.5, 0.6) is 11.5 Å². The Morgan fingerprint density at radius 1 is 0.951 bits per heavy atom. The average molecular weight is 592 g/mol. The normalized spacial score (nSPS) is 12.2. The number of rotatable bonds is 12. The number of nitrogens with zero attached hydrogens (tertiary/aromatic N) is 1. The lowest BCUT2D eigenvalue weighted by Gasteiger charge is -2.18. The Kier molecular flexibility index (Phi) is 10.1. The lowest BCUT2D eigenvalue weighted by atomic mass is 10.0. The molecule has 0 fully saturated rings. The zero-order valence-electron chi connectivity index (χ0n) is 22.6. The first-order valence-electron chi connectivity index (χ1n) is 12.7. The van der Waals surface area contributed by atoms with E-state index in [-0.39, 0.29) is 11.3 Å². The maximum absolute atomic E-state index is 13.0. The Morgan fingerprint density at radius 2 is 1.66 bits per heavy atom. The molecule has 41 heavy (non-hydrogen) atoms. The first-order chi connectivity index (χ1) is 19.7. The number of aryl methyl sites for hydroxylation is 1. The SMILES string of the molecule is COc1cc(/C=N\NC(=O)C[C@@H](NS(=O)(=O)c2ccc(C)cc2)c2ccccc2)ccc1OCc1ccc(Cl)cc1. The number of amides is 1. The van der Waals surface area contributed by atoms with Gasteiger partial charge in [-0.15, -0.1) is 0 Å². The molecule has 0 aliphatic carbocycles. The van der Waals surface area contributed by atoms with Crippen LogP contribution >= 0.6 is 11.6 Å². The van der Waals surface area contributed by atoms with Gasteiger partial charge in [0.2, 0.25) is 15.9 Å². The smallest absolute Gasteiger partial charge is 0.242 e. The second kappa shape index (κ2) is 13.9. The van der Waals surface area contributed by atoms with E-state index in [1.807, 2.05) is 25.1 Å². The standard InChI is InChI=1S/C31H30ClN3O5S/c1-22-8-15-27(16-9-22)41(37,38)35-28(25-6-4-3-5-7-25)19-31(36)34-33-20-24-12-17-29(30(18-24)39-2)40-21-23-10-13-26(32)14-11-23/h3-18,20,28,35H,19,21H2,1-2H3,(H,34,36)/b33-20-/t28-/m1/s1. The third kappa shape index (κ3) is 8.65. The summed E-state index contributed by atoms with van der Waals surface area (Å²) in [7, 11) is -2.33. The average Bonchev–Trinajstić information content (AvgIpc) is 2.97. The summed E-state index contributed by atoms with van der Waals surface area (Å²) < 4.78 is 40.1. The molecule has 4 rings (SSSR count). The topological polar surface area (TPSA) is 106 Å². The van der Waals surface area contributed by atoms with Gasteiger partial charge in [-0.2, -0.15) is 5.10 Å². The molecular formula is C31H30ClN3O5S. The fourth-order valence-electron chi connectivity index (χ4n) is 3.92. The molecule has 0 spiro atoms. The quantitative estimate of drug-likeness (QED) is 0.160. The van der Waals surface area contributed by atoms with Gasteiger partial charge in [-0.05, 0) is 66.1 Å². The van der Waals surface area contributed by atoms with Gasteiger partial charge in [0, 0.05) is 11.4 Å². The van der Waals surface area contributed by atoms with Crippen LogP contribution in [-0.2, 0) is 21.4 Å². The molecule has 0 aromatic heterocycles. The molecular weight excluding hydrogens is 562 g/mol. The third-order valence-corrected chi connectivity index (χ3v) is 7.86. The van der Waals surface area contributed by atoms with Gasteiger partial charge in [0.1, 0.15) is 6.61 Å². The largest absolute Gasteiger partial charge is 0.493 e. The second-order valence-corrected chi connectivity index (χ2v) is 11.4. The molecule has 4 aromatic carbocycles. The van der Waals surface area contributed by atoms with Crippen molar-refractivity contribution in [2.45, 2.75) is 30.9 Å². The van der Waals surface area contributed by atoms with Gasteiger partial charge < -0.3 is 9.47 Å². The van der Waals surface area contributed by atoms with Crippen molar-refractivity contribution in [1.82, 2.24) is 10.1 Å². The van der Waals surface area contributed by atoms with Crippen molar-refractivity contribution in [1.29, 1.82) is 0 Å². The molecule has 0 aliphatic heterocycles. The Morgan fingerprint density at radius 3 is 2.34 bits per heavy atom. The van der Waals surface area contributed by atoms with Crippen LogP contribution in [0.15, 0.2) is 107 Å². The van der Waals surface area contributed by atoms with Crippen LogP contribution in [0.25, 0.3) is 0 Å². The van der Waals surface area contributed by atoms with Crippen LogP contribution in [0.3, 0.4) is 0 Å². The number of nitrogens with one attached hydrogen (secondary N) is 2. The lowest BCUT2D eigenvalue weighted by molar-refractivity contribution is -0.121. The maximum atomic E-state index is 13.0. The summed E-state index contributed by atoms with van der Waals surface area (Å²) in [5, 5.41) is 4.70. The highest BCUT2D eigenvalue weighted by Gasteiger charge is 2.23. The predicted octanol–water partition coefficient (Wildman–Crippen LogP) is 5.80. The summed E-state index contributed by atoms with van der Waals surface area (Å²) in [6.07, 6.45) is 1.31. The van der Waals surface area contributed by atoms with Gasteiger partial charge in [-0.3, -0.25) is 4.79 Å². The minimum atomic E-state index is -3.87. The monoisotopic (exact) mass is 591 g/mol. The number of carbonyl (C=O) groups is 1. The van der Waals surface area contributed by atoms with Crippen molar-refractivity contribution >= 4 is 33.7 Å². The predicted molar refractivity (Wildman–Crippen MR) is 160 cm³/mol. The van der Waals surface area contributed by atoms with E-state index in [1.165, 1.54) is 25.5 Å². The lowest BCUT2D eigenvalue weighted by Crippen LogP contribution is -2.32. The van der Waals surface area contributed by atoms with E-state index in [1.54, 1.807) is 66.7 Å². The van der Waals surface area contributed by atoms with E-state index in [0.717, 1.165) is 11.1 Å². The van der Waals surface area contributed by atoms with Gasteiger partial charge in [-0.25, -0.2) is 18.6 Å². The minimum absolute atomic E-state index is 0.122. The molecule has 1 atom stereocenters. The zero-order chi connectivity index (χ0) is 29.2. The van der Waals surface area contributed by atoms with Crippen molar-refractivity contribution in [2.24, 2.45) is 5.10 Å². The Balaban J connectivity index is 1.39. The fraction of sp³-hybridized carbons (Fsp3) is 0.161. The number of hydrogen-bond acceptors (Lipinski definition) is 6. The van der Waals surface area contributed by atoms with E-state index in [4.69, 9.17) is 21.1 Å². The van der Waals surface area contributed by atoms with E-state index in [2.05, 4.69) is 15.2 Å². The number of benzene rings is 4. The molecule has 0 radical (unpaired) electrons. The number of methoxy groups -OCH3 is 1. The number of ether oxygens (including phenoxy) is 2. The first kappa shape index (κ1) is 29.8. The van der Waals surface area contributed by atoms with Crippen LogP contribution in [0.2, 0.25) is 5.02 Å². The molecule has 10 heteroatoms. The van der Waals surface area contributed by atoms with Crippen molar-refractivity contribution in [2.75, 3.05) is 7.11 Å². The Hall–Kier alpha value is -4.18. The molecule has 0 aliphatic rings. The number of sulfonamides is 1. The van der Waals surface area contributed by atoms with E-state index in [9.17, 15) is 13.2 Å². The zero-order valence-corrected chi connectivity index (χ0v) is 24.2. The number of carbonyl (C=O) groups excluding carboxylic acids is 1. The summed E-state index contributed by atoms with van der Waals surface area (Å²) in [4.78, 5) is 12.9. The summed E-state index contributed by atoms with van der Waals surface area (Å²) in [6, 6.07) is 27.3. The number of hydrogen-bond donors (Lipinski definition) is 2. The van der Waals surface area contributed by atoms with Crippen molar-refractivity contribution < 1.29 is 22.7 Å². The second-order valence-electron chi connectivity index (χ2n) is 9.22. The molecule has 0 bridgehead atoms. The van der Waals surface area contributed by atoms with Gasteiger partial charge in [0.05, 0.1) is 24.3 Å². The fourth-order valence-corrected chi connectivity index (χ4v) is 5.27. The maximum Gasteiger partial charge on any atom is 0.242 e. The van der Waals surface area contributed by atoms with E-state index < -0.39 is 22.0 Å². The highest BCUT2D eigenvalue weighted by molar-refractivity contribution is 7.89. The number of halogens is 1. The van der Waals surface area contributed by atoms with Crippen molar-refractivity contribution in [3.8, 4) is 11.5 Å². The van der Waals surface area contributed by atoms with Gasteiger partial charge in [0.25, 0.3) is 0 Å². The Bertz CT molecular complexity index is 1590. The highest BCUT2D eigenvalue weighted by atomic mass is 35.5. The van der Waals surface area contributed by atoms with Crippen LogP contribution < -0.4 is 19.6 Å². The van der Waals surface area contributed by atoms with Gasteiger partial charge in [-0.1, -0.05) is 71.8 Å². The molecule has 212 valence electrons. The molecule has 0 saturated carbocycles. The van der Waals surface area contributed by atoms with Gasteiger partial charge >= 0.3 is 0 Å². The third-order valence-electron chi connectivity index (χ3n) is 6.12. The molecule has 2 N–H and O–H groups in total. The molecule has 0 heterocycles. The molecule has 0 saturated heterocycles. The Labute approximate surface area is 245 Å². The van der Waals surface area contributed by atoms with Crippen molar-refractivity contribution in [3.05, 3.63) is 124 Å². The summed E-state index contributed by atoms with van der Waals surface area (Å²) in [5.74, 6) is 0.593. The number of hydrazone groups is 1. The van der Waals surface area contributed by atoms with E-state index >= 15 is 0 Å². The van der Waals surface area contributed by atoms with Crippen molar-refractivity contribution in [3.63, 3.8) is 0 Å². The summed E-state index contributed by atoms with van der Waals surface area (Å²) in [5.41, 5.74) is 5.70. The summed E-state index contributed by atoms with van der Waals surface area (Å²) in [6.45, 7) is 2.22. The van der Waals surface area contributed by atoms with Gasteiger partial charge in [0.15, 0.2) is 11.5 Å². The molecule has 1 amide bonds. The van der Waals surface area contributed by atoms with Crippen LogP contribution in [0, 0.1) is 6.92 Å². The van der Waals surface area contributed by atoms with Crippen LogP contribution in [0.1, 0.15) is 34.7 Å². The molecule has 8 nitrogen and oxygen atoms in total. The van der Waals surface area contributed by atoms with Crippen LogP contribution in [-0.4, -0.2) is 27.6 Å². The first-order valence-corrected chi connectivity index (χ1v) is 14.6. The molecule has 0 unspecified atom stereocenters. The van der Waals surface area contributed by atoms with Crippen LogP contribution in [0.4, 0.5) is 0 Å².